The summed E-state index contributed by atoms with van der Waals surface area (Å²) in [7, 11) is 1.38. The summed E-state index contributed by atoms with van der Waals surface area (Å²) in [6.45, 7) is 6.88. The molecule has 178 valence electrons. The van der Waals surface area contributed by atoms with E-state index in [0.717, 1.165) is 13.1 Å². The number of esters is 1. The number of benzene rings is 1. The second-order valence-corrected chi connectivity index (χ2v) is 9.66. The van der Waals surface area contributed by atoms with Crippen LogP contribution in [0.5, 0.6) is 0 Å². The Balaban J connectivity index is 1.34. The molecule has 2 saturated heterocycles. The highest BCUT2D eigenvalue weighted by atomic mass is 32.1. The van der Waals surface area contributed by atoms with Gasteiger partial charge in [0, 0.05) is 37.9 Å². The summed E-state index contributed by atoms with van der Waals surface area (Å²) in [4.78, 5) is 43.6. The first kappa shape index (κ1) is 23.5. The van der Waals surface area contributed by atoms with Crippen molar-refractivity contribution in [2.75, 3.05) is 44.7 Å². The normalized spacial score (nSPS) is 25.4. The van der Waals surface area contributed by atoms with E-state index in [9.17, 15) is 14.4 Å². The van der Waals surface area contributed by atoms with Gasteiger partial charge in [-0.25, -0.2) is 0 Å². The molecule has 3 atom stereocenters. The Morgan fingerprint density at radius 3 is 2.58 bits per heavy atom. The Morgan fingerprint density at radius 2 is 1.88 bits per heavy atom. The molecule has 1 saturated carbocycles. The second kappa shape index (κ2) is 9.67. The molecule has 0 aromatic heterocycles. The number of aryl methyl sites for hydroxylation is 2. The maximum absolute atomic E-state index is 13.1. The molecule has 2 amide bonds. The van der Waals surface area contributed by atoms with Crippen LogP contribution in [0.3, 0.4) is 0 Å². The van der Waals surface area contributed by atoms with Gasteiger partial charge in [-0.2, -0.15) is 0 Å². The zero-order valence-electron chi connectivity index (χ0n) is 19.5. The summed E-state index contributed by atoms with van der Waals surface area (Å²) < 4.78 is 4.86. The van der Waals surface area contributed by atoms with Gasteiger partial charge in [0.25, 0.3) is 0 Å². The van der Waals surface area contributed by atoms with Crippen LogP contribution in [0.15, 0.2) is 18.2 Å². The lowest BCUT2D eigenvalue weighted by atomic mass is 9.76. The van der Waals surface area contributed by atoms with Gasteiger partial charge in [0.05, 0.1) is 18.9 Å². The smallest absolute Gasteiger partial charge is 0.308 e. The maximum Gasteiger partial charge on any atom is 0.308 e. The molecule has 8 nitrogen and oxygen atoms in total. The highest BCUT2D eigenvalue weighted by molar-refractivity contribution is 7.80. The molecule has 4 rings (SSSR count). The number of fused-ring (bicyclic) bond motifs is 1. The predicted octanol–water partition coefficient (Wildman–Crippen LogP) is 1.63. The number of hydrogen-bond acceptors (Lipinski definition) is 6. The number of nitrogens with one attached hydrogen (secondary N) is 1. The van der Waals surface area contributed by atoms with Crippen LogP contribution in [0.1, 0.15) is 30.4 Å². The minimum atomic E-state index is -0.272. The number of carbonyl (C=O) groups excluding carboxylic acids is 3. The van der Waals surface area contributed by atoms with E-state index in [2.05, 4.69) is 42.3 Å². The largest absolute Gasteiger partial charge is 0.469 e. The molecular formula is C24H32N4O4S. The molecule has 2 aliphatic heterocycles. The predicted molar refractivity (Wildman–Crippen MR) is 129 cm³/mol. The van der Waals surface area contributed by atoms with Gasteiger partial charge in [0.2, 0.25) is 11.8 Å². The molecular weight excluding hydrogens is 440 g/mol. The van der Waals surface area contributed by atoms with E-state index in [4.69, 9.17) is 17.0 Å². The molecule has 0 bridgehead atoms. The Hall–Kier alpha value is -2.68. The van der Waals surface area contributed by atoms with Crippen LogP contribution in [0.2, 0.25) is 0 Å². The van der Waals surface area contributed by atoms with Gasteiger partial charge < -0.3 is 19.9 Å². The van der Waals surface area contributed by atoms with Gasteiger partial charge in [-0.1, -0.05) is 12.1 Å². The lowest BCUT2D eigenvalue weighted by Crippen LogP contribution is -2.63. The SMILES string of the molecule is COC(=O)C1CCC2C(=O)N(CC(=O)N3CCN(c4cc(C)ccc4C)CC3)C(=S)NC2C1. The highest BCUT2D eigenvalue weighted by Crippen LogP contribution is 2.33. The molecule has 2 heterocycles. The van der Waals surface area contributed by atoms with Gasteiger partial charge >= 0.3 is 5.97 Å². The first-order valence-corrected chi connectivity index (χ1v) is 12.0. The number of nitrogens with zero attached hydrogens (tertiary/aromatic N) is 3. The monoisotopic (exact) mass is 472 g/mol. The molecule has 1 aliphatic carbocycles. The van der Waals surface area contributed by atoms with Crippen molar-refractivity contribution in [3.8, 4) is 0 Å². The van der Waals surface area contributed by atoms with Crippen molar-refractivity contribution in [1.29, 1.82) is 0 Å². The molecule has 9 heteroatoms. The average Bonchev–Trinajstić information content (AvgIpc) is 2.82. The van der Waals surface area contributed by atoms with Gasteiger partial charge in [-0.05, 0) is 62.5 Å². The van der Waals surface area contributed by atoms with Crippen molar-refractivity contribution in [2.24, 2.45) is 11.8 Å². The number of ether oxygens (including phenoxy) is 1. The second-order valence-electron chi connectivity index (χ2n) is 9.28. The number of carbonyl (C=O) groups is 3. The molecule has 33 heavy (non-hydrogen) atoms. The van der Waals surface area contributed by atoms with E-state index in [1.54, 1.807) is 0 Å². The molecule has 1 aromatic carbocycles. The number of thiocarbonyl (C=S) groups is 1. The van der Waals surface area contributed by atoms with Gasteiger partial charge in [0.1, 0.15) is 6.54 Å². The molecule has 0 spiro atoms. The minimum Gasteiger partial charge on any atom is -0.469 e. The summed E-state index contributed by atoms with van der Waals surface area (Å²) in [6, 6.07) is 6.24. The average molecular weight is 473 g/mol. The molecule has 1 N–H and O–H groups in total. The number of rotatable bonds is 4. The van der Waals surface area contributed by atoms with Crippen molar-refractivity contribution in [3.05, 3.63) is 29.3 Å². The van der Waals surface area contributed by atoms with Crippen LogP contribution in [-0.2, 0) is 19.1 Å². The Labute approximate surface area is 200 Å². The van der Waals surface area contributed by atoms with Crippen molar-refractivity contribution in [2.45, 2.75) is 39.2 Å². The van der Waals surface area contributed by atoms with Gasteiger partial charge in [0.15, 0.2) is 5.11 Å². The standard InChI is InChI=1S/C24H32N4O4S/c1-15-4-5-16(2)20(12-15)26-8-10-27(11-9-26)21(29)14-28-22(30)18-7-6-17(23(31)32-3)13-19(18)25-24(28)33/h4-5,12,17-19H,6-11,13-14H2,1-3H3,(H,25,33). The van der Waals surface area contributed by atoms with E-state index >= 15 is 0 Å². The first-order chi connectivity index (χ1) is 15.8. The molecule has 3 aliphatic rings. The van der Waals surface area contributed by atoms with Crippen molar-refractivity contribution < 1.29 is 19.1 Å². The Bertz CT molecular complexity index is 960. The van der Waals surface area contributed by atoms with Crippen molar-refractivity contribution in [3.63, 3.8) is 0 Å². The van der Waals surface area contributed by atoms with E-state index in [-0.39, 0.29) is 47.3 Å². The van der Waals surface area contributed by atoms with Crippen LogP contribution in [0.25, 0.3) is 0 Å². The third-order valence-corrected chi connectivity index (χ3v) is 7.49. The van der Waals surface area contributed by atoms with Crippen LogP contribution in [0, 0.1) is 25.7 Å². The fraction of sp³-hybridized carbons (Fsp3) is 0.583. The topological polar surface area (TPSA) is 82.2 Å². The van der Waals surface area contributed by atoms with Crippen LogP contribution in [0.4, 0.5) is 5.69 Å². The fourth-order valence-corrected chi connectivity index (χ4v) is 5.49. The highest BCUT2D eigenvalue weighted by Gasteiger charge is 2.45. The van der Waals surface area contributed by atoms with Crippen LogP contribution < -0.4 is 10.2 Å². The summed E-state index contributed by atoms with van der Waals surface area (Å²) in [6.07, 6.45) is 1.71. The van der Waals surface area contributed by atoms with Crippen molar-refractivity contribution in [1.82, 2.24) is 15.1 Å². The Kier molecular flexibility index (Phi) is 6.88. The van der Waals surface area contributed by atoms with E-state index in [0.29, 0.717) is 32.4 Å². The molecule has 3 fully saturated rings. The maximum atomic E-state index is 13.1. The van der Waals surface area contributed by atoms with Gasteiger partial charge in [-0.3, -0.25) is 19.3 Å². The van der Waals surface area contributed by atoms with Crippen LogP contribution >= 0.6 is 12.2 Å². The number of anilines is 1. The summed E-state index contributed by atoms with van der Waals surface area (Å²) in [5, 5.41) is 3.48. The lowest BCUT2D eigenvalue weighted by Gasteiger charge is -2.43. The zero-order chi connectivity index (χ0) is 23.7. The minimum absolute atomic E-state index is 0.0439. The summed E-state index contributed by atoms with van der Waals surface area (Å²) >= 11 is 5.43. The zero-order valence-corrected chi connectivity index (χ0v) is 20.3. The summed E-state index contributed by atoms with van der Waals surface area (Å²) in [5.41, 5.74) is 3.66. The van der Waals surface area contributed by atoms with Crippen molar-refractivity contribution >= 4 is 40.8 Å². The first-order valence-electron chi connectivity index (χ1n) is 11.6. The Morgan fingerprint density at radius 1 is 1.15 bits per heavy atom. The summed E-state index contributed by atoms with van der Waals surface area (Å²) in [5.74, 6) is -0.942. The van der Waals surface area contributed by atoms with E-state index in [1.807, 2.05) is 4.90 Å². The third-order valence-electron chi connectivity index (χ3n) is 7.15. The quantitative estimate of drug-likeness (QED) is 0.527. The number of hydrogen-bond donors (Lipinski definition) is 1. The fourth-order valence-electron chi connectivity index (χ4n) is 5.19. The van der Waals surface area contributed by atoms with E-state index in [1.165, 1.54) is 28.8 Å². The number of piperazine rings is 1. The van der Waals surface area contributed by atoms with Gasteiger partial charge in [-0.15, -0.1) is 0 Å². The molecule has 0 radical (unpaired) electrons. The molecule has 1 aromatic rings. The third kappa shape index (κ3) is 4.83. The lowest BCUT2D eigenvalue weighted by molar-refractivity contribution is -0.149. The van der Waals surface area contributed by atoms with Crippen LogP contribution in [-0.4, -0.2) is 78.6 Å². The molecule has 3 unspecified atom stereocenters. The van der Waals surface area contributed by atoms with E-state index < -0.39 is 0 Å². The number of methoxy groups -OCH3 is 1. The number of amides is 2.